The van der Waals surface area contributed by atoms with E-state index in [1.54, 1.807) is 0 Å². The largest absolute Gasteiger partial charge is 0.184 e. The molecule has 0 amide bonds. The standard InChI is InChI=1S/C12H22BBr/c1-3-4-5-8-12(14)13-9-6-7-11(2)10-13/h8,11H,3-7,9-10H2,1-2H3/b12-8-. The zero-order chi connectivity index (χ0) is 10.4. The third-order valence-corrected chi connectivity index (χ3v) is 4.19. The van der Waals surface area contributed by atoms with Crippen LogP contribution in [-0.4, -0.2) is 6.71 Å². The fourth-order valence-corrected chi connectivity index (χ4v) is 2.94. The summed E-state index contributed by atoms with van der Waals surface area (Å²) < 4.78 is 1.48. The number of hydrogen-bond acceptors (Lipinski definition) is 0. The van der Waals surface area contributed by atoms with E-state index < -0.39 is 0 Å². The maximum Gasteiger partial charge on any atom is 0.184 e. The quantitative estimate of drug-likeness (QED) is 0.495. The molecule has 2 heteroatoms. The van der Waals surface area contributed by atoms with Gasteiger partial charge in [0.1, 0.15) is 0 Å². The fourth-order valence-electron chi connectivity index (χ4n) is 2.30. The number of rotatable bonds is 4. The summed E-state index contributed by atoms with van der Waals surface area (Å²) in [6.07, 6.45) is 11.9. The summed E-state index contributed by atoms with van der Waals surface area (Å²) >= 11 is 3.76. The average molecular weight is 257 g/mol. The van der Waals surface area contributed by atoms with Crippen LogP contribution in [0.25, 0.3) is 0 Å². The third kappa shape index (κ3) is 4.21. The van der Waals surface area contributed by atoms with Crippen LogP contribution in [0.4, 0.5) is 0 Å². The minimum absolute atomic E-state index is 0.829. The van der Waals surface area contributed by atoms with Crippen molar-refractivity contribution < 1.29 is 0 Å². The van der Waals surface area contributed by atoms with Crippen LogP contribution in [-0.2, 0) is 0 Å². The molecular formula is C12H22BBr. The van der Waals surface area contributed by atoms with Crippen LogP contribution in [0.1, 0.15) is 46.0 Å². The zero-order valence-corrected chi connectivity index (χ0v) is 11.1. The van der Waals surface area contributed by atoms with Gasteiger partial charge in [-0.15, -0.1) is 0 Å². The molecule has 1 heterocycles. The Bertz CT molecular complexity index is 189. The Morgan fingerprint density at radius 3 is 3.00 bits per heavy atom. The Balaban J connectivity index is 2.34. The molecule has 0 radical (unpaired) electrons. The van der Waals surface area contributed by atoms with E-state index in [0.717, 1.165) is 12.6 Å². The molecule has 1 atom stereocenters. The Labute approximate surface area is 97.7 Å². The topological polar surface area (TPSA) is 0 Å². The highest BCUT2D eigenvalue weighted by atomic mass is 79.9. The van der Waals surface area contributed by atoms with Crippen molar-refractivity contribution >= 4 is 22.6 Å². The molecule has 1 saturated heterocycles. The molecular weight excluding hydrogens is 235 g/mol. The van der Waals surface area contributed by atoms with E-state index in [1.807, 2.05) is 0 Å². The molecule has 14 heavy (non-hydrogen) atoms. The molecule has 0 aromatic rings. The number of halogens is 1. The minimum atomic E-state index is 0.829. The van der Waals surface area contributed by atoms with Crippen LogP contribution >= 0.6 is 15.9 Å². The van der Waals surface area contributed by atoms with Gasteiger partial charge >= 0.3 is 0 Å². The van der Waals surface area contributed by atoms with Crippen LogP contribution in [0.5, 0.6) is 0 Å². The summed E-state index contributed by atoms with van der Waals surface area (Å²) in [5.41, 5.74) is 0. The first kappa shape index (κ1) is 12.4. The second-order valence-corrected chi connectivity index (χ2v) is 5.62. The van der Waals surface area contributed by atoms with Crippen LogP contribution in [0.2, 0.25) is 12.6 Å². The molecule has 1 aliphatic rings. The van der Waals surface area contributed by atoms with Gasteiger partial charge in [-0.1, -0.05) is 80.1 Å². The summed E-state index contributed by atoms with van der Waals surface area (Å²) in [7, 11) is 0. The second-order valence-electron chi connectivity index (χ2n) is 4.70. The maximum atomic E-state index is 3.76. The summed E-state index contributed by atoms with van der Waals surface area (Å²) in [6.45, 7) is 5.47. The lowest BCUT2D eigenvalue weighted by molar-refractivity contribution is 0.546. The summed E-state index contributed by atoms with van der Waals surface area (Å²) in [5.74, 6) is 0.931. The lowest BCUT2D eigenvalue weighted by Gasteiger charge is -2.24. The lowest BCUT2D eigenvalue weighted by atomic mass is 9.40. The number of hydrogen-bond donors (Lipinski definition) is 0. The van der Waals surface area contributed by atoms with Crippen molar-refractivity contribution in [3.8, 4) is 0 Å². The predicted octanol–water partition coefficient (Wildman–Crippen LogP) is 4.92. The number of unbranched alkanes of at least 4 members (excludes halogenated alkanes) is 2. The lowest BCUT2D eigenvalue weighted by Crippen LogP contribution is -2.21. The Hall–Kier alpha value is 0.285. The van der Waals surface area contributed by atoms with Gasteiger partial charge in [-0.2, -0.15) is 0 Å². The predicted molar refractivity (Wildman–Crippen MR) is 70.3 cm³/mol. The van der Waals surface area contributed by atoms with Gasteiger partial charge in [0.05, 0.1) is 0 Å². The van der Waals surface area contributed by atoms with Gasteiger partial charge in [0.2, 0.25) is 0 Å². The van der Waals surface area contributed by atoms with Crippen molar-refractivity contribution in [1.29, 1.82) is 0 Å². The molecule has 80 valence electrons. The highest BCUT2D eigenvalue weighted by Gasteiger charge is 2.23. The van der Waals surface area contributed by atoms with Crippen LogP contribution in [0, 0.1) is 5.92 Å². The van der Waals surface area contributed by atoms with Crippen molar-refractivity contribution in [2.45, 2.75) is 58.6 Å². The van der Waals surface area contributed by atoms with E-state index in [0.29, 0.717) is 0 Å². The smallest absolute Gasteiger partial charge is 0.0834 e. The Morgan fingerprint density at radius 2 is 2.36 bits per heavy atom. The van der Waals surface area contributed by atoms with Gasteiger partial charge in [-0.25, -0.2) is 0 Å². The van der Waals surface area contributed by atoms with E-state index in [-0.39, 0.29) is 0 Å². The molecule has 1 rings (SSSR count). The Morgan fingerprint density at radius 1 is 1.57 bits per heavy atom. The van der Waals surface area contributed by atoms with Gasteiger partial charge in [-0.05, 0) is 10.8 Å². The highest BCUT2D eigenvalue weighted by molar-refractivity contribution is 9.12. The molecule has 0 nitrogen and oxygen atoms in total. The maximum absolute atomic E-state index is 3.76. The summed E-state index contributed by atoms with van der Waals surface area (Å²) in [6, 6.07) is 0. The van der Waals surface area contributed by atoms with Crippen molar-refractivity contribution in [3.63, 3.8) is 0 Å². The summed E-state index contributed by atoms with van der Waals surface area (Å²) in [5, 5.41) is 0. The first-order valence-electron chi connectivity index (χ1n) is 6.09. The first-order valence-corrected chi connectivity index (χ1v) is 6.89. The average Bonchev–Trinajstić information content (AvgIpc) is 2.18. The van der Waals surface area contributed by atoms with Gasteiger partial charge in [0.25, 0.3) is 0 Å². The molecule has 0 bridgehead atoms. The van der Waals surface area contributed by atoms with Crippen LogP contribution in [0.3, 0.4) is 0 Å². The van der Waals surface area contributed by atoms with Crippen molar-refractivity contribution in [2.24, 2.45) is 5.92 Å². The summed E-state index contributed by atoms with van der Waals surface area (Å²) in [4.78, 5) is 0. The van der Waals surface area contributed by atoms with Gasteiger partial charge in [0.15, 0.2) is 6.71 Å². The van der Waals surface area contributed by atoms with E-state index in [9.17, 15) is 0 Å². The molecule has 0 aromatic carbocycles. The highest BCUT2D eigenvalue weighted by Crippen LogP contribution is 2.30. The van der Waals surface area contributed by atoms with E-state index in [4.69, 9.17) is 0 Å². The molecule has 1 aliphatic heterocycles. The molecule has 0 aromatic heterocycles. The molecule has 0 spiro atoms. The third-order valence-electron chi connectivity index (χ3n) is 3.22. The normalized spacial score (nSPS) is 24.1. The minimum Gasteiger partial charge on any atom is -0.0834 e. The Kier molecular flexibility index (Phi) is 5.92. The monoisotopic (exact) mass is 256 g/mol. The van der Waals surface area contributed by atoms with Crippen LogP contribution < -0.4 is 0 Å². The van der Waals surface area contributed by atoms with Crippen molar-refractivity contribution in [3.05, 3.63) is 10.5 Å². The van der Waals surface area contributed by atoms with E-state index in [2.05, 4.69) is 35.9 Å². The molecule has 1 unspecified atom stereocenters. The molecule has 0 N–H and O–H groups in total. The fraction of sp³-hybridized carbons (Fsp3) is 0.833. The molecule has 1 fully saturated rings. The zero-order valence-electron chi connectivity index (χ0n) is 9.56. The van der Waals surface area contributed by atoms with Gasteiger partial charge in [-0.3, -0.25) is 0 Å². The SMILES string of the molecule is CCCC/C=C(\Br)B1CCCC(C)C1. The molecule has 0 saturated carbocycles. The van der Waals surface area contributed by atoms with Gasteiger partial charge in [0, 0.05) is 0 Å². The van der Waals surface area contributed by atoms with Crippen molar-refractivity contribution in [2.75, 3.05) is 0 Å². The second kappa shape index (κ2) is 6.71. The van der Waals surface area contributed by atoms with Crippen molar-refractivity contribution in [1.82, 2.24) is 0 Å². The van der Waals surface area contributed by atoms with Crippen LogP contribution in [0.15, 0.2) is 10.5 Å². The van der Waals surface area contributed by atoms with Gasteiger partial charge < -0.3 is 0 Å². The first-order chi connectivity index (χ1) is 6.74. The van der Waals surface area contributed by atoms with E-state index in [1.165, 1.54) is 49.1 Å². The van der Waals surface area contributed by atoms with E-state index >= 15 is 0 Å². The number of allylic oxidation sites excluding steroid dienone is 1. The molecule has 0 aliphatic carbocycles.